The van der Waals surface area contributed by atoms with Crippen LogP contribution in [0.15, 0.2) is 93.1 Å². The van der Waals surface area contributed by atoms with E-state index < -0.39 is 11.7 Å². The van der Waals surface area contributed by atoms with Crippen LogP contribution in [0.4, 0.5) is 10.5 Å². The maximum absolute atomic E-state index is 12.5. The highest BCUT2D eigenvalue weighted by Crippen LogP contribution is 2.31. The third-order valence-electron chi connectivity index (χ3n) is 6.51. The van der Waals surface area contributed by atoms with Crippen molar-refractivity contribution in [1.82, 2.24) is 9.88 Å². The molecule has 9 heteroatoms. The molecule has 2 atom stereocenters. The van der Waals surface area contributed by atoms with E-state index in [0.717, 1.165) is 16.5 Å². The Bertz CT molecular complexity index is 1270. The average Bonchev–Trinajstić information content (AvgIpc) is 3.08. The van der Waals surface area contributed by atoms with Crippen molar-refractivity contribution in [1.29, 1.82) is 0 Å². The van der Waals surface area contributed by atoms with Gasteiger partial charge in [0.2, 0.25) is 5.56 Å². The largest absolute Gasteiger partial charge is 0.507 e. The summed E-state index contributed by atoms with van der Waals surface area (Å²) in [6, 6.07) is 3.01. The molecule has 1 aliphatic heterocycles. The van der Waals surface area contributed by atoms with Gasteiger partial charge in [0, 0.05) is 31.8 Å². The second-order valence-electron chi connectivity index (χ2n) is 9.86. The van der Waals surface area contributed by atoms with E-state index in [9.17, 15) is 14.7 Å². The molecule has 204 valence electrons. The number of ether oxygens (including phenoxy) is 2. The summed E-state index contributed by atoms with van der Waals surface area (Å²) < 4.78 is 11.3. The molecule has 0 aromatic carbocycles. The van der Waals surface area contributed by atoms with Gasteiger partial charge in [-0.2, -0.15) is 0 Å². The van der Waals surface area contributed by atoms with Crippen molar-refractivity contribution in [3.63, 3.8) is 0 Å². The van der Waals surface area contributed by atoms with Gasteiger partial charge in [0.1, 0.15) is 17.1 Å². The molecular weight excluding hydrogens is 501 g/mol. The zero-order valence-electron chi connectivity index (χ0n) is 22.8. The Morgan fingerprint density at radius 1 is 1.34 bits per heavy atom. The number of hydrogen-bond acceptors (Lipinski definition) is 6. The summed E-state index contributed by atoms with van der Waals surface area (Å²) in [5.41, 5.74) is 2.34. The minimum atomic E-state index is -0.656. The first-order valence-corrected chi connectivity index (χ1v) is 13.1. The molecule has 3 rings (SSSR count). The number of carbonyl (C=O) groups is 1. The second kappa shape index (κ2) is 12.9. The molecule has 38 heavy (non-hydrogen) atoms. The number of aliphatic hydroxyl groups excluding tert-OH is 1. The predicted octanol–water partition coefficient (Wildman–Crippen LogP) is 5.37. The Hall–Kier alpha value is -3.35. The number of likely N-dealkylation sites (N-methyl/N-ethyl adjacent to an activating group) is 1. The normalized spacial score (nSPS) is 21.1. The van der Waals surface area contributed by atoms with Crippen molar-refractivity contribution in [2.45, 2.75) is 39.2 Å². The van der Waals surface area contributed by atoms with Crippen molar-refractivity contribution < 1.29 is 19.4 Å². The Morgan fingerprint density at radius 2 is 2.11 bits per heavy atom. The van der Waals surface area contributed by atoms with Crippen LogP contribution >= 0.6 is 9.24 Å². The van der Waals surface area contributed by atoms with E-state index in [4.69, 9.17) is 9.47 Å². The fraction of sp³-hybridized carbons (Fsp3) is 0.379. The fourth-order valence-electron chi connectivity index (χ4n) is 4.47. The Labute approximate surface area is 226 Å². The van der Waals surface area contributed by atoms with E-state index >= 15 is 0 Å². The van der Waals surface area contributed by atoms with Crippen molar-refractivity contribution in [2.75, 3.05) is 38.7 Å². The van der Waals surface area contributed by atoms with Crippen LogP contribution in [0.2, 0.25) is 0 Å². The summed E-state index contributed by atoms with van der Waals surface area (Å²) in [5, 5.41) is 12.0. The minimum Gasteiger partial charge on any atom is -0.507 e. The highest BCUT2D eigenvalue weighted by molar-refractivity contribution is 7.22. The first kappa shape index (κ1) is 29.2. The summed E-state index contributed by atoms with van der Waals surface area (Å²) >= 11 is 0. The van der Waals surface area contributed by atoms with Gasteiger partial charge in [-0.05, 0) is 68.9 Å². The van der Waals surface area contributed by atoms with E-state index in [2.05, 4.69) is 19.1 Å². The number of nitrogens with zero attached hydrogens (tertiary/aromatic N) is 2. The summed E-state index contributed by atoms with van der Waals surface area (Å²) in [6.07, 6.45) is 14.1. The molecule has 1 aromatic rings. The lowest BCUT2D eigenvalue weighted by Crippen LogP contribution is -2.36. The number of hydrogen-bond donors (Lipinski definition) is 2. The lowest BCUT2D eigenvalue weighted by molar-refractivity contribution is 0.0580. The van der Waals surface area contributed by atoms with Gasteiger partial charge in [0.05, 0.1) is 24.9 Å². The number of rotatable bonds is 10. The molecule has 1 amide bonds. The Morgan fingerprint density at radius 3 is 2.76 bits per heavy atom. The highest BCUT2D eigenvalue weighted by atomic mass is 31.0. The van der Waals surface area contributed by atoms with Crippen molar-refractivity contribution >= 4 is 21.0 Å². The van der Waals surface area contributed by atoms with Crippen LogP contribution in [0.1, 0.15) is 33.6 Å². The molecule has 0 bridgehead atoms. The topological polar surface area (TPSA) is 95.1 Å². The monoisotopic (exact) mass is 539 g/mol. The van der Waals surface area contributed by atoms with Gasteiger partial charge in [0.25, 0.3) is 0 Å². The third-order valence-corrected chi connectivity index (χ3v) is 6.90. The lowest BCUT2D eigenvalue weighted by atomic mass is 10.0. The predicted molar refractivity (Wildman–Crippen MR) is 155 cm³/mol. The standard InChI is InChI=1S/C29H38N3O5P/c1-6-7-23(38)11-8-20(2)27-24(33)16-21(9-12-25(27)36-5)18-31(4)15-14-29(3)19-32(28(35)37-29)22-10-13-26(34)30-17-22/h6-8,10-13,16-17,33H,9,14-15,18-19,38H2,1-5H3,(H,30,34)/b7-6-,20-8+,23-11+. The van der Waals surface area contributed by atoms with Crippen LogP contribution in [-0.2, 0) is 9.47 Å². The zero-order chi connectivity index (χ0) is 27.9. The smallest absolute Gasteiger partial charge is 0.415 e. The van der Waals surface area contributed by atoms with Gasteiger partial charge in [-0.15, -0.1) is 9.24 Å². The number of anilines is 1. The Kier molecular flexibility index (Phi) is 9.95. The Balaban J connectivity index is 1.67. The number of amides is 1. The number of aromatic amines is 1. The van der Waals surface area contributed by atoms with Crippen molar-refractivity contribution in [3.8, 4) is 0 Å². The number of cyclic esters (lactones) is 1. The van der Waals surface area contributed by atoms with E-state index in [1.165, 1.54) is 17.2 Å². The molecular formula is C29H38N3O5P. The molecule has 2 unspecified atom stereocenters. The number of H-pyrrole nitrogens is 1. The number of aromatic nitrogens is 1. The van der Waals surface area contributed by atoms with E-state index in [-0.39, 0.29) is 11.3 Å². The number of carbonyl (C=O) groups excluding carboxylic acids is 1. The minimum absolute atomic E-state index is 0.172. The van der Waals surface area contributed by atoms with Crippen LogP contribution < -0.4 is 10.5 Å². The van der Waals surface area contributed by atoms with Gasteiger partial charge >= 0.3 is 6.09 Å². The molecule has 2 N–H and O–H groups in total. The lowest BCUT2D eigenvalue weighted by Gasteiger charge is -2.26. The summed E-state index contributed by atoms with van der Waals surface area (Å²) in [7, 11) is 6.30. The van der Waals surface area contributed by atoms with Gasteiger partial charge in [0.15, 0.2) is 0 Å². The van der Waals surface area contributed by atoms with Crippen LogP contribution in [0, 0.1) is 0 Å². The quantitative estimate of drug-likeness (QED) is 0.307. The molecule has 2 aliphatic rings. The van der Waals surface area contributed by atoms with Gasteiger partial charge < -0.3 is 24.5 Å². The number of allylic oxidation sites excluding steroid dienone is 8. The van der Waals surface area contributed by atoms with Crippen molar-refractivity contribution in [2.24, 2.45) is 0 Å². The van der Waals surface area contributed by atoms with Gasteiger partial charge in [-0.25, -0.2) is 4.79 Å². The summed E-state index contributed by atoms with van der Waals surface area (Å²) in [4.78, 5) is 30.1. The molecule has 1 saturated heterocycles. The maximum atomic E-state index is 12.5. The number of methoxy groups -OCH3 is 1. The second-order valence-corrected chi connectivity index (χ2v) is 10.5. The zero-order valence-corrected chi connectivity index (χ0v) is 23.9. The molecule has 2 heterocycles. The van der Waals surface area contributed by atoms with E-state index in [0.29, 0.717) is 49.5 Å². The summed E-state index contributed by atoms with van der Waals surface area (Å²) in [5.74, 6) is 0.813. The molecule has 0 radical (unpaired) electrons. The molecule has 1 aliphatic carbocycles. The molecule has 1 fully saturated rings. The van der Waals surface area contributed by atoms with E-state index in [1.54, 1.807) is 13.2 Å². The highest BCUT2D eigenvalue weighted by Gasteiger charge is 2.42. The maximum Gasteiger partial charge on any atom is 0.415 e. The fourth-order valence-corrected chi connectivity index (χ4v) is 4.76. The molecule has 1 aromatic heterocycles. The first-order chi connectivity index (χ1) is 18.0. The summed E-state index contributed by atoms with van der Waals surface area (Å²) in [6.45, 7) is 7.56. The van der Waals surface area contributed by atoms with Crippen LogP contribution in [-0.4, -0.2) is 60.5 Å². The SMILES string of the molecule is C\C=C/C(P)=C\C=C(/C)C1=C(O)C=C(CN(C)CCC2(C)CN(c3ccc(=O)[nH]c3)C(=O)O2)CC=C1OC. The number of pyridine rings is 1. The average molecular weight is 540 g/mol. The van der Waals surface area contributed by atoms with Gasteiger partial charge in [-0.1, -0.05) is 24.3 Å². The first-order valence-electron chi connectivity index (χ1n) is 12.6. The van der Waals surface area contributed by atoms with Crippen molar-refractivity contribution in [3.05, 3.63) is 98.7 Å². The molecule has 8 nitrogen and oxygen atoms in total. The van der Waals surface area contributed by atoms with Gasteiger partial charge in [-0.3, -0.25) is 9.69 Å². The van der Waals surface area contributed by atoms with Crippen LogP contribution in [0.3, 0.4) is 0 Å². The van der Waals surface area contributed by atoms with Crippen LogP contribution in [0.25, 0.3) is 0 Å². The number of aliphatic hydroxyl groups is 1. The third kappa shape index (κ3) is 7.59. The van der Waals surface area contributed by atoms with Crippen LogP contribution in [0.5, 0.6) is 0 Å². The van der Waals surface area contributed by atoms with E-state index in [1.807, 2.05) is 64.3 Å². The molecule has 0 saturated carbocycles. The molecule has 0 spiro atoms. The number of nitrogens with one attached hydrogen (secondary N) is 1.